The number of imide groups is 1. The Hall–Kier alpha value is -2.90. The number of alkyl carbamates (subject to hydrolysis) is 1. The standard InChI is InChI=1S/C20H27N3O5.C3H8/c1-13-9-14(10-21-19(27)28-20(2,3)4)5-6-15(13)11-23(12-24)16-7-8-17(25)22-18(16)26;1-3-2/h5-6,9,12,16H,7-8,10-11H2,1-4H3,(H,21,27)(H,22,25,26);3H2,1-2H3. The Bertz CT molecular complexity index is 786. The maximum atomic E-state index is 12.0. The molecule has 0 radical (unpaired) electrons. The van der Waals surface area contributed by atoms with Crippen molar-refractivity contribution in [3.05, 3.63) is 34.9 Å². The van der Waals surface area contributed by atoms with Crippen LogP contribution in [0.5, 0.6) is 0 Å². The smallest absolute Gasteiger partial charge is 0.407 e. The molecule has 0 bridgehead atoms. The van der Waals surface area contributed by atoms with Crippen LogP contribution in [-0.2, 0) is 32.2 Å². The third kappa shape index (κ3) is 9.19. The summed E-state index contributed by atoms with van der Waals surface area (Å²) in [6.07, 6.45) is 1.94. The summed E-state index contributed by atoms with van der Waals surface area (Å²) in [5, 5.41) is 4.97. The van der Waals surface area contributed by atoms with Gasteiger partial charge in [-0.2, -0.15) is 0 Å². The number of hydrogen-bond donors (Lipinski definition) is 2. The number of rotatable bonds is 6. The first-order valence-electron chi connectivity index (χ1n) is 10.6. The van der Waals surface area contributed by atoms with Crippen molar-refractivity contribution in [2.45, 2.75) is 85.5 Å². The van der Waals surface area contributed by atoms with E-state index in [0.29, 0.717) is 19.4 Å². The quantitative estimate of drug-likeness (QED) is 0.529. The first kappa shape index (κ1) is 26.1. The minimum absolute atomic E-state index is 0.217. The molecule has 0 aliphatic carbocycles. The number of piperidine rings is 1. The van der Waals surface area contributed by atoms with Crippen molar-refractivity contribution in [3.8, 4) is 0 Å². The number of aryl methyl sites for hydroxylation is 1. The molecule has 1 unspecified atom stereocenters. The Morgan fingerprint density at radius 2 is 1.94 bits per heavy atom. The van der Waals surface area contributed by atoms with E-state index in [0.717, 1.165) is 16.7 Å². The normalized spacial score (nSPS) is 15.9. The molecule has 31 heavy (non-hydrogen) atoms. The molecule has 2 N–H and O–H groups in total. The summed E-state index contributed by atoms with van der Waals surface area (Å²) in [5.41, 5.74) is 2.16. The summed E-state index contributed by atoms with van der Waals surface area (Å²) >= 11 is 0. The van der Waals surface area contributed by atoms with Gasteiger partial charge in [0.25, 0.3) is 0 Å². The molecular formula is C23H35N3O5. The molecule has 1 fully saturated rings. The number of carbonyl (C=O) groups is 4. The maximum Gasteiger partial charge on any atom is 0.407 e. The third-order valence-corrected chi connectivity index (χ3v) is 4.34. The molecule has 0 aromatic heterocycles. The van der Waals surface area contributed by atoms with Gasteiger partial charge in [-0.3, -0.25) is 19.7 Å². The second kappa shape index (κ2) is 12.1. The molecule has 1 aromatic carbocycles. The van der Waals surface area contributed by atoms with Crippen LogP contribution in [-0.4, -0.2) is 40.9 Å². The van der Waals surface area contributed by atoms with Crippen LogP contribution < -0.4 is 10.6 Å². The van der Waals surface area contributed by atoms with E-state index < -0.39 is 23.6 Å². The Balaban J connectivity index is 0.00000151. The highest BCUT2D eigenvalue weighted by molar-refractivity contribution is 6.00. The molecule has 1 saturated heterocycles. The molecule has 1 aliphatic heterocycles. The van der Waals surface area contributed by atoms with Gasteiger partial charge in [0.05, 0.1) is 0 Å². The summed E-state index contributed by atoms with van der Waals surface area (Å²) in [4.78, 5) is 48.0. The molecule has 0 spiro atoms. The summed E-state index contributed by atoms with van der Waals surface area (Å²) in [6, 6.07) is 4.99. The monoisotopic (exact) mass is 433 g/mol. The third-order valence-electron chi connectivity index (χ3n) is 4.34. The molecule has 0 saturated carbocycles. The van der Waals surface area contributed by atoms with Crippen LogP contribution in [0.4, 0.5) is 4.79 Å². The van der Waals surface area contributed by atoms with Gasteiger partial charge in [0, 0.05) is 19.5 Å². The van der Waals surface area contributed by atoms with Gasteiger partial charge in [-0.05, 0) is 50.8 Å². The van der Waals surface area contributed by atoms with Crippen LogP contribution in [0.2, 0.25) is 0 Å². The van der Waals surface area contributed by atoms with E-state index in [1.807, 2.05) is 25.1 Å². The van der Waals surface area contributed by atoms with Crippen molar-refractivity contribution in [3.63, 3.8) is 0 Å². The van der Waals surface area contributed by atoms with E-state index >= 15 is 0 Å². The van der Waals surface area contributed by atoms with Crippen molar-refractivity contribution < 1.29 is 23.9 Å². The predicted octanol–water partition coefficient (Wildman–Crippen LogP) is 3.20. The van der Waals surface area contributed by atoms with E-state index in [9.17, 15) is 19.2 Å². The molecule has 1 aliphatic rings. The Kier molecular flexibility index (Phi) is 10.2. The Morgan fingerprint density at radius 3 is 2.45 bits per heavy atom. The summed E-state index contributed by atoms with van der Waals surface area (Å²) in [7, 11) is 0. The zero-order valence-corrected chi connectivity index (χ0v) is 19.4. The van der Waals surface area contributed by atoms with Crippen LogP contribution in [0.1, 0.15) is 70.6 Å². The van der Waals surface area contributed by atoms with Gasteiger partial charge in [-0.25, -0.2) is 4.79 Å². The lowest BCUT2D eigenvalue weighted by atomic mass is 10.0. The fourth-order valence-electron chi connectivity index (χ4n) is 2.95. The molecule has 4 amide bonds. The average molecular weight is 434 g/mol. The predicted molar refractivity (Wildman–Crippen MR) is 118 cm³/mol. The second-order valence-corrected chi connectivity index (χ2v) is 8.57. The molecule has 8 heteroatoms. The molecule has 172 valence electrons. The van der Waals surface area contributed by atoms with E-state index in [2.05, 4.69) is 24.5 Å². The van der Waals surface area contributed by atoms with Crippen molar-refractivity contribution in [2.75, 3.05) is 0 Å². The molecule has 1 atom stereocenters. The first-order valence-corrected chi connectivity index (χ1v) is 10.6. The van der Waals surface area contributed by atoms with Crippen molar-refractivity contribution in [1.82, 2.24) is 15.5 Å². The van der Waals surface area contributed by atoms with Crippen LogP contribution in [0.3, 0.4) is 0 Å². The molecule has 1 aromatic rings. The van der Waals surface area contributed by atoms with Gasteiger partial charge in [0.15, 0.2) is 0 Å². The number of carbonyl (C=O) groups excluding carboxylic acids is 4. The number of nitrogens with one attached hydrogen (secondary N) is 2. The van der Waals surface area contributed by atoms with Crippen LogP contribution in [0.15, 0.2) is 18.2 Å². The zero-order valence-electron chi connectivity index (χ0n) is 19.4. The van der Waals surface area contributed by atoms with Gasteiger partial charge >= 0.3 is 6.09 Å². The fraction of sp³-hybridized carbons (Fsp3) is 0.565. The van der Waals surface area contributed by atoms with E-state index in [-0.39, 0.29) is 18.9 Å². The molecule has 8 nitrogen and oxygen atoms in total. The summed E-state index contributed by atoms with van der Waals surface area (Å²) < 4.78 is 5.21. The van der Waals surface area contributed by atoms with E-state index in [4.69, 9.17) is 4.74 Å². The maximum absolute atomic E-state index is 12.0. The number of hydrogen-bond acceptors (Lipinski definition) is 5. The highest BCUT2D eigenvalue weighted by atomic mass is 16.6. The van der Waals surface area contributed by atoms with Crippen LogP contribution in [0.25, 0.3) is 0 Å². The lowest BCUT2D eigenvalue weighted by Gasteiger charge is -2.30. The Morgan fingerprint density at radius 1 is 1.29 bits per heavy atom. The van der Waals surface area contributed by atoms with Crippen molar-refractivity contribution in [2.24, 2.45) is 0 Å². The summed E-state index contributed by atoms with van der Waals surface area (Å²) in [5.74, 6) is -0.760. The van der Waals surface area contributed by atoms with E-state index in [1.54, 1.807) is 20.8 Å². The number of ether oxygens (including phenoxy) is 1. The number of amides is 4. The SMILES string of the molecule is CCC.Cc1cc(CNC(=O)OC(C)(C)C)ccc1CN(C=O)C1CCC(=O)NC1=O. The fourth-order valence-corrected chi connectivity index (χ4v) is 2.95. The minimum Gasteiger partial charge on any atom is -0.444 e. The van der Waals surface area contributed by atoms with Gasteiger partial charge in [-0.1, -0.05) is 38.5 Å². The van der Waals surface area contributed by atoms with Gasteiger partial charge in [-0.15, -0.1) is 0 Å². The van der Waals surface area contributed by atoms with Gasteiger partial charge < -0.3 is 15.0 Å². The first-order chi connectivity index (χ1) is 14.5. The highest BCUT2D eigenvalue weighted by Gasteiger charge is 2.31. The van der Waals surface area contributed by atoms with E-state index in [1.165, 1.54) is 11.3 Å². The highest BCUT2D eigenvalue weighted by Crippen LogP contribution is 2.18. The Labute approximate surface area is 184 Å². The summed E-state index contributed by atoms with van der Waals surface area (Å²) in [6.45, 7) is 12.1. The second-order valence-electron chi connectivity index (χ2n) is 8.57. The van der Waals surface area contributed by atoms with Gasteiger partial charge in [0.2, 0.25) is 18.2 Å². The van der Waals surface area contributed by atoms with Crippen molar-refractivity contribution in [1.29, 1.82) is 0 Å². The molecule has 1 heterocycles. The number of benzene rings is 1. The van der Waals surface area contributed by atoms with Crippen LogP contribution in [0, 0.1) is 6.92 Å². The molecule has 2 rings (SSSR count). The van der Waals surface area contributed by atoms with Crippen LogP contribution >= 0.6 is 0 Å². The lowest BCUT2D eigenvalue weighted by molar-refractivity contribution is -0.141. The van der Waals surface area contributed by atoms with Crippen molar-refractivity contribution >= 4 is 24.3 Å². The zero-order chi connectivity index (χ0) is 23.6. The largest absolute Gasteiger partial charge is 0.444 e. The number of nitrogens with zero attached hydrogens (tertiary/aromatic N) is 1. The van der Waals surface area contributed by atoms with Gasteiger partial charge in [0.1, 0.15) is 11.6 Å². The lowest BCUT2D eigenvalue weighted by Crippen LogP contribution is -2.51. The molecular weight excluding hydrogens is 398 g/mol. The topological polar surface area (TPSA) is 105 Å². The minimum atomic E-state index is -0.650. The average Bonchev–Trinajstić information content (AvgIpc) is 2.65.